The summed E-state index contributed by atoms with van der Waals surface area (Å²) < 4.78 is 0. The van der Waals surface area contributed by atoms with Gasteiger partial charge in [0, 0.05) is 6.42 Å². The van der Waals surface area contributed by atoms with Crippen molar-refractivity contribution >= 4 is 5.71 Å². The number of hydrogen-bond donors (Lipinski definition) is 0. The van der Waals surface area contributed by atoms with E-state index in [9.17, 15) is 5.26 Å². The van der Waals surface area contributed by atoms with E-state index in [0.717, 1.165) is 23.3 Å². The molecule has 2 unspecified atom stereocenters. The van der Waals surface area contributed by atoms with Gasteiger partial charge in [0.1, 0.15) is 0 Å². The maximum atomic E-state index is 9.90. The number of rotatable bonds is 4. The monoisotopic (exact) mass is 337 g/mol. The summed E-state index contributed by atoms with van der Waals surface area (Å²) in [5.41, 5.74) is 4.28. The van der Waals surface area contributed by atoms with Crippen molar-refractivity contribution in [1.82, 2.24) is 5.01 Å². The highest BCUT2D eigenvalue weighted by Crippen LogP contribution is 2.38. The van der Waals surface area contributed by atoms with Crippen molar-refractivity contribution in [2.24, 2.45) is 5.10 Å². The molecule has 1 aliphatic rings. The summed E-state index contributed by atoms with van der Waals surface area (Å²) in [7, 11) is 0. The molecule has 0 amide bonds. The molecule has 0 radical (unpaired) electrons. The van der Waals surface area contributed by atoms with Gasteiger partial charge in [-0.05, 0) is 16.7 Å². The second-order valence-corrected chi connectivity index (χ2v) is 6.37. The molecule has 26 heavy (non-hydrogen) atoms. The van der Waals surface area contributed by atoms with Crippen LogP contribution >= 0.6 is 0 Å². The quantitative estimate of drug-likeness (QED) is 0.664. The van der Waals surface area contributed by atoms with E-state index >= 15 is 0 Å². The van der Waals surface area contributed by atoms with Crippen LogP contribution in [0.2, 0.25) is 0 Å². The van der Waals surface area contributed by atoms with E-state index in [2.05, 4.69) is 30.3 Å². The van der Waals surface area contributed by atoms with E-state index in [1.54, 1.807) is 0 Å². The SMILES string of the molecule is N#CC(c1ccccc1)N1N=C(c2ccccc2)CC1c1ccccc1. The summed E-state index contributed by atoms with van der Waals surface area (Å²) in [6, 6.07) is 32.5. The van der Waals surface area contributed by atoms with Crippen molar-refractivity contribution in [2.45, 2.75) is 18.5 Å². The minimum Gasteiger partial charge on any atom is -0.267 e. The van der Waals surface area contributed by atoms with Crippen LogP contribution < -0.4 is 0 Å². The number of hydrogen-bond acceptors (Lipinski definition) is 3. The zero-order valence-electron chi connectivity index (χ0n) is 14.4. The molecule has 3 heteroatoms. The Hall–Kier alpha value is -3.38. The molecule has 0 spiro atoms. The first-order valence-electron chi connectivity index (χ1n) is 8.77. The molecule has 4 rings (SSSR count). The average Bonchev–Trinajstić information content (AvgIpc) is 3.16. The summed E-state index contributed by atoms with van der Waals surface area (Å²) >= 11 is 0. The van der Waals surface area contributed by atoms with Gasteiger partial charge in [0.15, 0.2) is 6.04 Å². The third kappa shape index (κ3) is 3.10. The summed E-state index contributed by atoms with van der Waals surface area (Å²) in [6.45, 7) is 0. The fourth-order valence-electron chi connectivity index (χ4n) is 3.44. The molecule has 2 atom stereocenters. The number of benzene rings is 3. The molecule has 0 N–H and O–H groups in total. The van der Waals surface area contributed by atoms with Crippen LogP contribution in [0.5, 0.6) is 0 Å². The van der Waals surface area contributed by atoms with E-state index in [-0.39, 0.29) is 6.04 Å². The molecule has 0 aromatic heterocycles. The van der Waals surface area contributed by atoms with Crippen LogP contribution in [0.15, 0.2) is 96.1 Å². The van der Waals surface area contributed by atoms with Gasteiger partial charge in [-0.15, -0.1) is 0 Å². The van der Waals surface area contributed by atoms with Crippen LogP contribution in [0.3, 0.4) is 0 Å². The molecule has 1 heterocycles. The number of nitriles is 1. The highest BCUT2D eigenvalue weighted by Gasteiger charge is 2.34. The van der Waals surface area contributed by atoms with E-state index in [0.29, 0.717) is 0 Å². The highest BCUT2D eigenvalue weighted by atomic mass is 15.5. The number of nitrogens with zero attached hydrogens (tertiary/aromatic N) is 3. The minimum atomic E-state index is -0.414. The van der Waals surface area contributed by atoms with E-state index in [4.69, 9.17) is 5.10 Å². The zero-order chi connectivity index (χ0) is 17.8. The molecule has 0 bridgehead atoms. The van der Waals surface area contributed by atoms with Crippen molar-refractivity contribution in [1.29, 1.82) is 5.26 Å². The van der Waals surface area contributed by atoms with Gasteiger partial charge < -0.3 is 0 Å². The molecule has 0 fully saturated rings. The summed E-state index contributed by atoms with van der Waals surface area (Å²) in [4.78, 5) is 0. The van der Waals surface area contributed by atoms with Gasteiger partial charge in [-0.1, -0.05) is 91.0 Å². The van der Waals surface area contributed by atoms with E-state index < -0.39 is 6.04 Å². The van der Waals surface area contributed by atoms with Crippen molar-refractivity contribution in [3.8, 4) is 6.07 Å². The second-order valence-electron chi connectivity index (χ2n) is 6.37. The molecule has 3 nitrogen and oxygen atoms in total. The Morgan fingerprint density at radius 3 is 2.04 bits per heavy atom. The van der Waals surface area contributed by atoms with Crippen molar-refractivity contribution in [2.75, 3.05) is 0 Å². The summed E-state index contributed by atoms with van der Waals surface area (Å²) in [5.74, 6) is 0. The maximum absolute atomic E-state index is 9.90. The van der Waals surface area contributed by atoms with Gasteiger partial charge in [-0.2, -0.15) is 10.4 Å². The van der Waals surface area contributed by atoms with Gasteiger partial charge in [0.2, 0.25) is 0 Å². The lowest BCUT2D eigenvalue weighted by molar-refractivity contribution is 0.196. The van der Waals surface area contributed by atoms with Gasteiger partial charge in [0.05, 0.1) is 17.8 Å². The van der Waals surface area contributed by atoms with E-state index in [1.165, 1.54) is 5.56 Å². The lowest BCUT2D eigenvalue weighted by atomic mass is 9.97. The summed E-state index contributed by atoms with van der Waals surface area (Å²) in [6.07, 6.45) is 0.791. The Morgan fingerprint density at radius 2 is 1.42 bits per heavy atom. The van der Waals surface area contributed by atoms with Crippen molar-refractivity contribution < 1.29 is 0 Å². The Morgan fingerprint density at radius 1 is 0.846 bits per heavy atom. The minimum absolute atomic E-state index is 0.0521. The first kappa shape index (κ1) is 16.1. The maximum Gasteiger partial charge on any atom is 0.159 e. The van der Waals surface area contributed by atoms with Gasteiger partial charge in [-0.25, -0.2) is 0 Å². The van der Waals surface area contributed by atoms with Crippen LogP contribution in [0.1, 0.15) is 35.2 Å². The molecule has 1 aliphatic heterocycles. The van der Waals surface area contributed by atoms with Crippen LogP contribution in [0, 0.1) is 11.3 Å². The number of hydrazone groups is 1. The Bertz CT molecular complexity index is 927. The molecule has 3 aromatic carbocycles. The molecule has 126 valence electrons. The normalized spacial score (nSPS) is 17.4. The smallest absolute Gasteiger partial charge is 0.159 e. The standard InChI is InChI=1S/C23H19N3/c24-17-23(20-14-8-3-9-15-20)26-22(19-12-6-2-7-13-19)16-21(25-26)18-10-4-1-5-11-18/h1-15,22-23H,16H2. The van der Waals surface area contributed by atoms with Gasteiger partial charge in [0.25, 0.3) is 0 Å². The average molecular weight is 337 g/mol. The topological polar surface area (TPSA) is 39.4 Å². The van der Waals surface area contributed by atoms with Gasteiger partial charge in [-0.3, -0.25) is 5.01 Å². The van der Waals surface area contributed by atoms with Gasteiger partial charge >= 0.3 is 0 Å². The lowest BCUT2D eigenvalue weighted by Gasteiger charge is -2.28. The fourth-order valence-corrected chi connectivity index (χ4v) is 3.44. The van der Waals surface area contributed by atoms with Crippen LogP contribution in [0.25, 0.3) is 0 Å². The summed E-state index contributed by atoms with van der Waals surface area (Å²) in [5, 5.41) is 16.8. The first-order valence-corrected chi connectivity index (χ1v) is 8.77. The predicted molar refractivity (Wildman–Crippen MR) is 103 cm³/mol. The largest absolute Gasteiger partial charge is 0.267 e. The van der Waals surface area contributed by atoms with Crippen molar-refractivity contribution in [3.63, 3.8) is 0 Å². The fraction of sp³-hybridized carbons (Fsp3) is 0.130. The van der Waals surface area contributed by atoms with Crippen LogP contribution in [-0.4, -0.2) is 10.7 Å². The molecule has 0 saturated carbocycles. The molecule has 0 aliphatic carbocycles. The van der Waals surface area contributed by atoms with Crippen molar-refractivity contribution in [3.05, 3.63) is 108 Å². The Balaban J connectivity index is 1.76. The molecular weight excluding hydrogens is 318 g/mol. The van der Waals surface area contributed by atoms with E-state index in [1.807, 2.05) is 71.7 Å². The Kier molecular flexibility index (Phi) is 4.49. The second kappa shape index (κ2) is 7.25. The third-order valence-electron chi connectivity index (χ3n) is 4.74. The predicted octanol–water partition coefficient (Wildman–Crippen LogP) is 5.10. The van der Waals surface area contributed by atoms with Crippen LogP contribution in [-0.2, 0) is 0 Å². The lowest BCUT2D eigenvalue weighted by Crippen LogP contribution is -2.24. The molecule has 3 aromatic rings. The van der Waals surface area contributed by atoms with Crippen LogP contribution in [0.4, 0.5) is 0 Å². The highest BCUT2D eigenvalue weighted by molar-refractivity contribution is 6.01. The molecule has 0 saturated heterocycles. The third-order valence-corrected chi connectivity index (χ3v) is 4.74. The zero-order valence-corrected chi connectivity index (χ0v) is 14.4. The molecular formula is C23H19N3. The first-order chi connectivity index (χ1) is 12.9. The Labute approximate surface area is 153 Å².